The van der Waals surface area contributed by atoms with E-state index in [0.29, 0.717) is 15.9 Å². The van der Waals surface area contributed by atoms with E-state index in [1.54, 1.807) is 19.2 Å². The Bertz CT molecular complexity index is 783. The molecule has 0 aliphatic heterocycles. The van der Waals surface area contributed by atoms with Gasteiger partial charge in [-0.15, -0.1) is 0 Å². The van der Waals surface area contributed by atoms with Gasteiger partial charge in [-0.05, 0) is 71.2 Å². The van der Waals surface area contributed by atoms with Crippen LogP contribution in [0.25, 0.3) is 0 Å². The Hall–Kier alpha value is -1.53. The van der Waals surface area contributed by atoms with Crippen molar-refractivity contribution < 1.29 is 13.2 Å². The number of halogens is 1. The minimum atomic E-state index is -3.63. The second kappa shape index (κ2) is 6.30. The van der Waals surface area contributed by atoms with Gasteiger partial charge in [0.25, 0.3) is 10.0 Å². The number of sulfonamides is 1. The summed E-state index contributed by atoms with van der Waals surface area (Å²) < 4.78 is 32.6. The lowest BCUT2D eigenvalue weighted by atomic mass is 10.1. The summed E-state index contributed by atoms with van der Waals surface area (Å²) in [6, 6.07) is 10.4. The third-order valence-corrected chi connectivity index (χ3v) is 5.75. The molecule has 118 valence electrons. The van der Waals surface area contributed by atoms with Crippen molar-refractivity contribution in [1.82, 2.24) is 0 Å². The van der Waals surface area contributed by atoms with E-state index in [1.165, 1.54) is 17.5 Å². The van der Waals surface area contributed by atoms with Crippen molar-refractivity contribution in [3.8, 4) is 5.75 Å². The maximum Gasteiger partial charge on any atom is 0.264 e. The first-order valence-corrected chi connectivity index (χ1v) is 8.90. The zero-order valence-electron chi connectivity index (χ0n) is 12.9. The van der Waals surface area contributed by atoms with E-state index in [9.17, 15) is 8.42 Å². The number of nitrogens with zero attached hydrogens (tertiary/aromatic N) is 1. The van der Waals surface area contributed by atoms with Crippen molar-refractivity contribution in [1.29, 1.82) is 0 Å². The number of methoxy groups -OCH3 is 1. The highest BCUT2D eigenvalue weighted by molar-refractivity contribution is 9.10. The zero-order chi connectivity index (χ0) is 16.5. The molecule has 0 atom stereocenters. The van der Waals surface area contributed by atoms with Crippen molar-refractivity contribution in [2.75, 3.05) is 18.5 Å². The number of anilines is 1. The third-order valence-electron chi connectivity index (χ3n) is 3.35. The van der Waals surface area contributed by atoms with Crippen LogP contribution in [-0.4, -0.2) is 22.6 Å². The summed E-state index contributed by atoms with van der Waals surface area (Å²) in [4.78, 5) is 0.210. The average molecular weight is 384 g/mol. The summed E-state index contributed by atoms with van der Waals surface area (Å²) >= 11 is 3.32. The average Bonchev–Trinajstić information content (AvgIpc) is 2.45. The Balaban J connectivity index is 2.47. The maximum atomic E-state index is 12.8. The minimum Gasteiger partial charge on any atom is -0.496 e. The first kappa shape index (κ1) is 16.8. The van der Waals surface area contributed by atoms with Crippen LogP contribution in [0.2, 0.25) is 0 Å². The van der Waals surface area contributed by atoms with Crippen LogP contribution in [0.5, 0.6) is 5.75 Å². The lowest BCUT2D eigenvalue weighted by molar-refractivity contribution is 0.411. The minimum absolute atomic E-state index is 0.210. The predicted octanol–water partition coefficient (Wildman–Crippen LogP) is 3.90. The van der Waals surface area contributed by atoms with Crippen molar-refractivity contribution >= 4 is 31.6 Å². The van der Waals surface area contributed by atoms with E-state index < -0.39 is 10.0 Å². The Morgan fingerprint density at radius 2 is 1.64 bits per heavy atom. The van der Waals surface area contributed by atoms with Crippen molar-refractivity contribution in [2.24, 2.45) is 0 Å². The van der Waals surface area contributed by atoms with Gasteiger partial charge in [-0.1, -0.05) is 6.07 Å². The molecule has 22 heavy (non-hydrogen) atoms. The predicted molar refractivity (Wildman–Crippen MR) is 92.2 cm³/mol. The van der Waals surface area contributed by atoms with Gasteiger partial charge in [0.05, 0.1) is 22.2 Å². The van der Waals surface area contributed by atoms with E-state index in [-0.39, 0.29) is 4.90 Å². The fourth-order valence-electron chi connectivity index (χ4n) is 2.24. The van der Waals surface area contributed by atoms with E-state index in [2.05, 4.69) is 15.9 Å². The number of hydrogen-bond donors (Lipinski definition) is 0. The lowest BCUT2D eigenvalue weighted by Crippen LogP contribution is -2.26. The highest BCUT2D eigenvalue weighted by Crippen LogP contribution is 2.30. The van der Waals surface area contributed by atoms with Crippen LogP contribution in [0.4, 0.5) is 5.69 Å². The molecular weight excluding hydrogens is 366 g/mol. The van der Waals surface area contributed by atoms with Crippen molar-refractivity contribution in [3.63, 3.8) is 0 Å². The van der Waals surface area contributed by atoms with Gasteiger partial charge < -0.3 is 4.74 Å². The van der Waals surface area contributed by atoms with Gasteiger partial charge in [-0.3, -0.25) is 4.31 Å². The van der Waals surface area contributed by atoms with Gasteiger partial charge in [0, 0.05) is 7.05 Å². The monoisotopic (exact) mass is 383 g/mol. The summed E-state index contributed by atoms with van der Waals surface area (Å²) in [7, 11) is -0.530. The van der Waals surface area contributed by atoms with Crippen LogP contribution in [0, 0.1) is 13.8 Å². The highest BCUT2D eigenvalue weighted by Gasteiger charge is 2.22. The van der Waals surface area contributed by atoms with E-state index in [4.69, 9.17) is 4.74 Å². The Labute approximate surface area is 139 Å². The number of rotatable bonds is 4. The Kier molecular flexibility index (Phi) is 4.82. The molecule has 0 aromatic heterocycles. The molecule has 0 radical (unpaired) electrons. The fraction of sp³-hybridized carbons (Fsp3) is 0.250. The molecule has 0 spiro atoms. The maximum absolute atomic E-state index is 12.8. The summed E-state index contributed by atoms with van der Waals surface area (Å²) in [6.07, 6.45) is 0. The van der Waals surface area contributed by atoms with Gasteiger partial charge in [-0.25, -0.2) is 8.42 Å². The summed E-state index contributed by atoms with van der Waals surface area (Å²) in [5, 5.41) is 0. The van der Waals surface area contributed by atoms with Crippen LogP contribution in [0.1, 0.15) is 11.1 Å². The lowest BCUT2D eigenvalue weighted by Gasteiger charge is -2.21. The van der Waals surface area contributed by atoms with Gasteiger partial charge in [-0.2, -0.15) is 0 Å². The second-order valence-electron chi connectivity index (χ2n) is 5.11. The number of hydrogen-bond acceptors (Lipinski definition) is 3. The van der Waals surface area contributed by atoms with Crippen molar-refractivity contribution in [3.05, 3.63) is 52.0 Å². The normalized spacial score (nSPS) is 11.3. The van der Waals surface area contributed by atoms with Crippen LogP contribution in [0.15, 0.2) is 45.8 Å². The largest absolute Gasteiger partial charge is 0.496 e. The van der Waals surface area contributed by atoms with Gasteiger partial charge >= 0.3 is 0 Å². The molecule has 2 rings (SSSR count). The zero-order valence-corrected chi connectivity index (χ0v) is 15.3. The molecular formula is C16H18BrNO3S. The molecule has 6 heteroatoms. The van der Waals surface area contributed by atoms with Gasteiger partial charge in [0.1, 0.15) is 5.75 Å². The summed E-state index contributed by atoms with van der Waals surface area (Å²) in [5.41, 5.74) is 2.69. The summed E-state index contributed by atoms with van der Waals surface area (Å²) in [6.45, 7) is 3.89. The third kappa shape index (κ3) is 3.28. The van der Waals surface area contributed by atoms with Gasteiger partial charge in [0.15, 0.2) is 0 Å². The highest BCUT2D eigenvalue weighted by atomic mass is 79.9. The van der Waals surface area contributed by atoms with Crippen LogP contribution < -0.4 is 9.04 Å². The topological polar surface area (TPSA) is 46.6 Å². The molecule has 0 unspecified atom stereocenters. The molecule has 0 bridgehead atoms. The molecule has 0 heterocycles. The molecule has 0 saturated heterocycles. The molecule has 0 amide bonds. The summed E-state index contributed by atoms with van der Waals surface area (Å²) in [5.74, 6) is 0.591. The first-order chi connectivity index (χ1) is 10.3. The molecule has 0 aliphatic rings. The van der Waals surface area contributed by atoms with Crippen LogP contribution in [-0.2, 0) is 10.0 Å². The standard InChI is InChI=1S/C16H18BrNO3S/c1-11-7-12(2)9-13(8-11)18(3)22(19,20)14-5-6-16(21-4)15(17)10-14/h5-10H,1-4H3. The Morgan fingerprint density at radius 3 is 2.14 bits per heavy atom. The molecule has 0 fully saturated rings. The quantitative estimate of drug-likeness (QED) is 0.803. The molecule has 0 aliphatic carbocycles. The smallest absolute Gasteiger partial charge is 0.264 e. The number of benzene rings is 2. The molecule has 4 nitrogen and oxygen atoms in total. The van der Waals surface area contributed by atoms with Crippen LogP contribution in [0.3, 0.4) is 0 Å². The number of ether oxygens (including phenoxy) is 1. The van der Waals surface area contributed by atoms with E-state index in [1.807, 2.05) is 32.0 Å². The second-order valence-corrected chi connectivity index (χ2v) is 7.94. The first-order valence-electron chi connectivity index (χ1n) is 6.66. The van der Waals surface area contributed by atoms with E-state index >= 15 is 0 Å². The molecule has 2 aromatic rings. The van der Waals surface area contributed by atoms with E-state index in [0.717, 1.165) is 11.1 Å². The van der Waals surface area contributed by atoms with Crippen molar-refractivity contribution in [2.45, 2.75) is 18.7 Å². The fourth-order valence-corrected chi connectivity index (χ4v) is 4.14. The number of aryl methyl sites for hydroxylation is 2. The molecule has 2 aromatic carbocycles. The molecule has 0 N–H and O–H groups in total. The molecule has 0 saturated carbocycles. The van der Waals surface area contributed by atoms with Gasteiger partial charge in [0.2, 0.25) is 0 Å². The van der Waals surface area contributed by atoms with Crippen LogP contribution >= 0.6 is 15.9 Å². The Morgan fingerprint density at radius 1 is 1.05 bits per heavy atom. The SMILES string of the molecule is COc1ccc(S(=O)(=O)N(C)c2cc(C)cc(C)c2)cc1Br.